The summed E-state index contributed by atoms with van der Waals surface area (Å²) >= 11 is 0. The van der Waals surface area contributed by atoms with Gasteiger partial charge in [0.25, 0.3) is 5.56 Å². The molecule has 0 fully saturated rings. The first-order valence-corrected chi connectivity index (χ1v) is 4.41. The van der Waals surface area contributed by atoms with E-state index in [1.54, 1.807) is 0 Å². The molecule has 0 spiro atoms. The summed E-state index contributed by atoms with van der Waals surface area (Å²) in [4.78, 5) is 25.0. The Balaban J connectivity index is 2.83. The number of nitrogens with one attached hydrogen (secondary N) is 1. The molecule has 0 unspecified atom stereocenters. The van der Waals surface area contributed by atoms with E-state index in [1.807, 2.05) is 0 Å². The Bertz CT molecular complexity index is 601. The van der Waals surface area contributed by atoms with Gasteiger partial charge >= 0.3 is 0 Å². The summed E-state index contributed by atoms with van der Waals surface area (Å²) in [6.45, 7) is 1.30. The molecule has 0 aliphatic rings. The lowest BCUT2D eigenvalue weighted by Crippen LogP contribution is -2.15. The average molecular weight is 205 g/mol. The SMILES string of the molecule is CC(=O)c1cc2cc(F)ccc2[nH]c1=O. The normalized spacial score (nSPS) is 10.5. The molecule has 4 heteroatoms. The molecule has 1 aromatic carbocycles. The molecule has 0 aliphatic carbocycles. The van der Waals surface area contributed by atoms with Crippen molar-refractivity contribution in [1.29, 1.82) is 0 Å². The Morgan fingerprint density at radius 1 is 1.33 bits per heavy atom. The number of hydrogen-bond acceptors (Lipinski definition) is 2. The number of ketones is 1. The fourth-order valence-corrected chi connectivity index (χ4v) is 1.44. The third kappa shape index (κ3) is 1.66. The Morgan fingerprint density at radius 3 is 2.73 bits per heavy atom. The number of hydrogen-bond donors (Lipinski definition) is 1. The Morgan fingerprint density at radius 2 is 2.07 bits per heavy atom. The van der Waals surface area contributed by atoms with Gasteiger partial charge in [-0.15, -0.1) is 0 Å². The van der Waals surface area contributed by atoms with Gasteiger partial charge in [0.15, 0.2) is 5.78 Å². The number of H-pyrrole nitrogens is 1. The predicted octanol–water partition coefficient (Wildman–Crippen LogP) is 1.87. The molecule has 0 saturated heterocycles. The van der Waals surface area contributed by atoms with Crippen molar-refractivity contribution in [1.82, 2.24) is 4.98 Å². The molecule has 0 saturated carbocycles. The minimum atomic E-state index is -0.443. The third-order valence-corrected chi connectivity index (χ3v) is 2.19. The number of halogens is 1. The Kier molecular flexibility index (Phi) is 2.11. The van der Waals surface area contributed by atoms with Crippen molar-refractivity contribution in [3.05, 3.63) is 46.0 Å². The highest BCUT2D eigenvalue weighted by Gasteiger charge is 2.07. The molecule has 76 valence electrons. The van der Waals surface area contributed by atoms with Crippen LogP contribution in [0.25, 0.3) is 10.9 Å². The molecule has 0 amide bonds. The van der Waals surface area contributed by atoms with Gasteiger partial charge in [-0.2, -0.15) is 0 Å². The Hall–Kier alpha value is -1.97. The second-order valence-electron chi connectivity index (χ2n) is 3.30. The van der Waals surface area contributed by atoms with E-state index in [9.17, 15) is 14.0 Å². The molecule has 2 aromatic rings. The van der Waals surface area contributed by atoms with E-state index in [0.29, 0.717) is 10.9 Å². The molecule has 1 aromatic heterocycles. The zero-order valence-corrected chi connectivity index (χ0v) is 8.00. The van der Waals surface area contributed by atoms with Gasteiger partial charge in [0, 0.05) is 10.9 Å². The third-order valence-electron chi connectivity index (χ3n) is 2.19. The van der Waals surface area contributed by atoms with E-state index in [-0.39, 0.29) is 11.3 Å². The van der Waals surface area contributed by atoms with Crippen LogP contribution in [0.5, 0.6) is 0 Å². The van der Waals surface area contributed by atoms with E-state index >= 15 is 0 Å². The molecule has 3 nitrogen and oxygen atoms in total. The molecule has 1 heterocycles. The first-order valence-electron chi connectivity index (χ1n) is 4.41. The highest BCUT2D eigenvalue weighted by atomic mass is 19.1. The zero-order valence-electron chi connectivity index (χ0n) is 8.00. The van der Waals surface area contributed by atoms with Crippen molar-refractivity contribution in [2.45, 2.75) is 6.92 Å². The van der Waals surface area contributed by atoms with Crippen LogP contribution in [0.2, 0.25) is 0 Å². The van der Waals surface area contributed by atoms with E-state index < -0.39 is 11.4 Å². The summed E-state index contributed by atoms with van der Waals surface area (Å²) in [6.07, 6.45) is 0. The molecule has 0 radical (unpaired) electrons. The smallest absolute Gasteiger partial charge is 0.259 e. The summed E-state index contributed by atoms with van der Waals surface area (Å²) in [5, 5.41) is 0.514. The number of aromatic nitrogens is 1. The lowest BCUT2D eigenvalue weighted by molar-refractivity contribution is 0.101. The van der Waals surface area contributed by atoms with Crippen LogP contribution >= 0.6 is 0 Å². The highest BCUT2D eigenvalue weighted by Crippen LogP contribution is 2.12. The number of fused-ring (bicyclic) bond motifs is 1. The van der Waals surface area contributed by atoms with Crippen LogP contribution in [-0.4, -0.2) is 10.8 Å². The fraction of sp³-hybridized carbons (Fsp3) is 0.0909. The summed E-state index contributed by atoms with van der Waals surface area (Å²) in [5.41, 5.74) is 0.126. The number of Topliss-reactive ketones (excluding diaryl/α,β-unsaturated/α-hetero) is 1. The molecular weight excluding hydrogens is 197 g/mol. The van der Waals surface area contributed by atoms with Gasteiger partial charge in [-0.05, 0) is 31.2 Å². The minimum Gasteiger partial charge on any atom is -0.321 e. The molecule has 0 bridgehead atoms. The van der Waals surface area contributed by atoms with Crippen LogP contribution in [0.15, 0.2) is 29.1 Å². The molecule has 15 heavy (non-hydrogen) atoms. The predicted molar refractivity (Wildman–Crippen MR) is 54.5 cm³/mol. The van der Waals surface area contributed by atoms with Crippen LogP contribution in [0.3, 0.4) is 0 Å². The molecular formula is C11H8FNO2. The van der Waals surface area contributed by atoms with Gasteiger partial charge in [-0.1, -0.05) is 0 Å². The van der Waals surface area contributed by atoms with Gasteiger partial charge in [-0.3, -0.25) is 9.59 Å². The zero-order chi connectivity index (χ0) is 11.0. The number of benzene rings is 1. The Labute approximate surface area is 84.6 Å². The lowest BCUT2D eigenvalue weighted by Gasteiger charge is -2.00. The van der Waals surface area contributed by atoms with E-state index in [1.165, 1.54) is 31.2 Å². The van der Waals surface area contributed by atoms with Crippen LogP contribution in [-0.2, 0) is 0 Å². The quantitative estimate of drug-likeness (QED) is 0.722. The van der Waals surface area contributed by atoms with Gasteiger partial charge in [0.1, 0.15) is 5.82 Å². The minimum absolute atomic E-state index is 0.0492. The largest absolute Gasteiger partial charge is 0.321 e. The second kappa shape index (κ2) is 3.31. The van der Waals surface area contributed by atoms with Gasteiger partial charge in [-0.25, -0.2) is 4.39 Å². The average Bonchev–Trinajstić information content (AvgIpc) is 2.17. The number of pyridine rings is 1. The van der Waals surface area contributed by atoms with Gasteiger partial charge < -0.3 is 4.98 Å². The first-order chi connectivity index (χ1) is 7.08. The summed E-state index contributed by atoms with van der Waals surface area (Å²) in [6, 6.07) is 5.40. The van der Waals surface area contributed by atoms with Crippen LogP contribution in [0, 0.1) is 5.82 Å². The number of carbonyl (C=O) groups is 1. The fourth-order valence-electron chi connectivity index (χ4n) is 1.44. The maximum atomic E-state index is 12.9. The maximum absolute atomic E-state index is 12.9. The summed E-state index contributed by atoms with van der Waals surface area (Å²) < 4.78 is 12.9. The van der Waals surface area contributed by atoms with Gasteiger partial charge in [0.2, 0.25) is 0 Å². The molecule has 0 atom stereocenters. The topological polar surface area (TPSA) is 49.9 Å². The number of carbonyl (C=O) groups excluding carboxylic acids is 1. The first kappa shape index (κ1) is 9.58. The van der Waals surface area contributed by atoms with E-state index in [0.717, 1.165) is 0 Å². The second-order valence-corrected chi connectivity index (χ2v) is 3.30. The van der Waals surface area contributed by atoms with Crippen molar-refractivity contribution < 1.29 is 9.18 Å². The standard InChI is InChI=1S/C11H8FNO2/c1-6(14)9-5-7-4-8(12)2-3-10(7)13-11(9)15/h2-5H,1H3,(H,13,15). The van der Waals surface area contributed by atoms with E-state index in [4.69, 9.17) is 0 Å². The van der Waals surface area contributed by atoms with Gasteiger partial charge in [0.05, 0.1) is 5.56 Å². The maximum Gasteiger partial charge on any atom is 0.259 e. The van der Waals surface area contributed by atoms with Crippen molar-refractivity contribution in [2.75, 3.05) is 0 Å². The highest BCUT2D eigenvalue weighted by molar-refractivity contribution is 5.97. The molecule has 2 rings (SSSR count). The van der Waals surface area contributed by atoms with Crippen molar-refractivity contribution >= 4 is 16.7 Å². The lowest BCUT2D eigenvalue weighted by atomic mass is 10.1. The van der Waals surface area contributed by atoms with Crippen molar-refractivity contribution in [3.8, 4) is 0 Å². The van der Waals surface area contributed by atoms with Crippen LogP contribution in [0.4, 0.5) is 4.39 Å². The number of aromatic amines is 1. The van der Waals surface area contributed by atoms with Crippen LogP contribution in [0.1, 0.15) is 17.3 Å². The van der Waals surface area contributed by atoms with Crippen molar-refractivity contribution in [3.63, 3.8) is 0 Å². The van der Waals surface area contributed by atoms with Crippen molar-refractivity contribution in [2.24, 2.45) is 0 Å². The molecule has 1 N–H and O–H groups in total. The van der Waals surface area contributed by atoms with Crippen LogP contribution < -0.4 is 5.56 Å². The monoisotopic (exact) mass is 205 g/mol. The summed E-state index contributed by atoms with van der Waals surface area (Å²) in [5.74, 6) is -0.730. The molecule has 0 aliphatic heterocycles. The summed E-state index contributed by atoms with van der Waals surface area (Å²) in [7, 11) is 0. The van der Waals surface area contributed by atoms with E-state index in [2.05, 4.69) is 4.98 Å². The number of rotatable bonds is 1.